The lowest BCUT2D eigenvalue weighted by atomic mass is 10.1. The molecule has 13 heteroatoms. The van der Waals surface area contributed by atoms with Crippen LogP contribution in [0.2, 0.25) is 0 Å². The summed E-state index contributed by atoms with van der Waals surface area (Å²) in [6, 6.07) is 5.42. The number of anilines is 1. The van der Waals surface area contributed by atoms with E-state index in [2.05, 4.69) is 47.4 Å². The molecule has 3 aromatic heterocycles. The van der Waals surface area contributed by atoms with Crippen molar-refractivity contribution in [2.24, 2.45) is 0 Å². The van der Waals surface area contributed by atoms with E-state index in [0.717, 1.165) is 31.0 Å². The van der Waals surface area contributed by atoms with Gasteiger partial charge in [-0.05, 0) is 56.5 Å². The monoisotopic (exact) mass is 610 g/mol. The van der Waals surface area contributed by atoms with Crippen molar-refractivity contribution in [3.8, 4) is 11.3 Å². The first kappa shape index (κ1) is 30.2. The Morgan fingerprint density at radius 3 is 2.69 bits per heavy atom. The summed E-state index contributed by atoms with van der Waals surface area (Å²) in [5.41, 5.74) is 2.37. The first-order chi connectivity index (χ1) is 20.2. The van der Waals surface area contributed by atoms with Crippen LogP contribution in [0.15, 0.2) is 59.8 Å². The number of allylic oxidation sites excluding steroid dienone is 2. The molecular weight excluding hydrogens is 573 g/mol. The predicted molar refractivity (Wildman–Crippen MR) is 167 cm³/mol. The third kappa shape index (κ3) is 6.86. The van der Waals surface area contributed by atoms with Crippen molar-refractivity contribution in [1.29, 1.82) is 0 Å². The molecule has 2 aliphatic rings. The van der Waals surface area contributed by atoms with Gasteiger partial charge in [0.25, 0.3) is 5.91 Å². The number of rotatable bonds is 14. The van der Waals surface area contributed by atoms with E-state index in [1.54, 1.807) is 28.9 Å². The van der Waals surface area contributed by atoms with Gasteiger partial charge < -0.3 is 10.2 Å². The number of likely N-dealkylation sites (N-methyl/N-ethyl adjacent to an activating group) is 1. The van der Waals surface area contributed by atoms with Gasteiger partial charge in [-0.3, -0.25) is 9.69 Å². The second-order valence-electron chi connectivity index (χ2n) is 10.6. The van der Waals surface area contributed by atoms with Crippen LogP contribution >= 0.6 is 11.8 Å². The molecule has 0 unspecified atom stereocenters. The van der Waals surface area contributed by atoms with E-state index in [9.17, 15) is 13.2 Å². The van der Waals surface area contributed by atoms with E-state index in [0.29, 0.717) is 47.9 Å². The highest BCUT2D eigenvalue weighted by Crippen LogP contribution is 2.31. The maximum Gasteiger partial charge on any atom is 0.251 e. The third-order valence-corrected chi connectivity index (χ3v) is 10.4. The molecule has 0 spiro atoms. The highest BCUT2D eigenvalue weighted by atomic mass is 32.2. The molecular formula is C29H38N8O3S2. The highest BCUT2D eigenvalue weighted by molar-refractivity contribution is 8.02. The molecule has 4 heterocycles. The van der Waals surface area contributed by atoms with Gasteiger partial charge in [-0.1, -0.05) is 44.3 Å². The first-order valence-corrected chi connectivity index (χ1v) is 16.7. The molecule has 1 saturated carbocycles. The van der Waals surface area contributed by atoms with Crippen molar-refractivity contribution in [1.82, 2.24) is 34.5 Å². The van der Waals surface area contributed by atoms with E-state index < -0.39 is 10.0 Å². The molecule has 0 bridgehead atoms. The van der Waals surface area contributed by atoms with Gasteiger partial charge in [-0.25, -0.2) is 27.6 Å². The number of aromatic nitrogens is 4. The smallest absolute Gasteiger partial charge is 0.251 e. The molecule has 5 rings (SSSR count). The van der Waals surface area contributed by atoms with E-state index in [1.807, 2.05) is 28.6 Å². The Hall–Kier alpha value is -3.26. The minimum absolute atomic E-state index is 0.185. The fourth-order valence-corrected chi connectivity index (χ4v) is 7.15. The van der Waals surface area contributed by atoms with Crippen LogP contribution in [0.5, 0.6) is 0 Å². The Bertz CT molecular complexity index is 1570. The van der Waals surface area contributed by atoms with Crippen LogP contribution in [-0.2, 0) is 10.0 Å². The Morgan fingerprint density at radius 2 is 2.00 bits per heavy atom. The largest absolute Gasteiger partial charge is 0.353 e. The van der Waals surface area contributed by atoms with Crippen molar-refractivity contribution in [3.05, 3.63) is 60.3 Å². The summed E-state index contributed by atoms with van der Waals surface area (Å²) in [5, 5.41) is 9.97. The summed E-state index contributed by atoms with van der Waals surface area (Å²) in [6.45, 7) is 13.3. The average Bonchev–Trinajstić information content (AvgIpc) is 3.75. The minimum Gasteiger partial charge on any atom is -0.353 e. The lowest BCUT2D eigenvalue weighted by Gasteiger charge is -2.40. The number of carbonyl (C=O) groups excluding carboxylic acids is 1. The number of nitrogens with zero attached hydrogens (tertiary/aromatic N) is 6. The molecule has 0 aromatic carbocycles. The van der Waals surface area contributed by atoms with Gasteiger partial charge in [0.05, 0.1) is 28.7 Å². The van der Waals surface area contributed by atoms with Crippen LogP contribution in [0, 0.1) is 0 Å². The number of hydrogen-bond acceptors (Lipinski definition) is 9. The molecule has 1 saturated heterocycles. The molecule has 42 heavy (non-hydrogen) atoms. The molecule has 1 aliphatic heterocycles. The fraction of sp³-hybridized carbons (Fsp3) is 0.448. The third-order valence-electron chi connectivity index (χ3n) is 7.59. The zero-order valence-corrected chi connectivity index (χ0v) is 25.9. The van der Waals surface area contributed by atoms with E-state index in [-0.39, 0.29) is 23.2 Å². The first-order valence-electron chi connectivity index (χ1n) is 14.3. The summed E-state index contributed by atoms with van der Waals surface area (Å²) in [6.07, 6.45) is 8.54. The van der Waals surface area contributed by atoms with Crippen molar-refractivity contribution < 1.29 is 13.2 Å². The van der Waals surface area contributed by atoms with Crippen molar-refractivity contribution in [2.75, 3.05) is 37.6 Å². The number of sulfonamides is 1. The van der Waals surface area contributed by atoms with Gasteiger partial charge in [0.1, 0.15) is 10.8 Å². The van der Waals surface area contributed by atoms with Gasteiger partial charge in [0, 0.05) is 37.4 Å². The van der Waals surface area contributed by atoms with Gasteiger partial charge in [0.15, 0.2) is 5.65 Å². The number of nitrogens with one attached hydrogen (secondary N) is 2. The summed E-state index contributed by atoms with van der Waals surface area (Å²) in [5.74, 6) is 0.413. The van der Waals surface area contributed by atoms with E-state index in [1.165, 1.54) is 11.8 Å². The second-order valence-corrected chi connectivity index (χ2v) is 13.5. The van der Waals surface area contributed by atoms with Crippen molar-refractivity contribution >= 4 is 39.2 Å². The van der Waals surface area contributed by atoms with Crippen LogP contribution in [-0.4, -0.2) is 88.9 Å². The van der Waals surface area contributed by atoms with Crippen LogP contribution in [0.4, 0.5) is 5.82 Å². The molecule has 1 amide bonds. The van der Waals surface area contributed by atoms with Crippen molar-refractivity contribution in [2.45, 2.75) is 56.0 Å². The van der Waals surface area contributed by atoms with Gasteiger partial charge >= 0.3 is 0 Å². The maximum absolute atomic E-state index is 13.4. The van der Waals surface area contributed by atoms with Gasteiger partial charge in [-0.15, -0.1) is 0 Å². The topological polar surface area (TPSA) is 125 Å². The Kier molecular flexibility index (Phi) is 9.31. The molecule has 3 aromatic rings. The SMILES string of the molecule is C=C/C=C\Sc1ccn2ncc(-c3cc(C(=O)NC[C@H](C)N(CC)CC)cc(N4CC(NS(=O)(=O)C5CC5)C4)n3)c2n1. The molecule has 1 aliphatic carbocycles. The molecule has 0 radical (unpaired) electrons. The Morgan fingerprint density at radius 1 is 1.24 bits per heavy atom. The summed E-state index contributed by atoms with van der Waals surface area (Å²) >= 11 is 1.47. The van der Waals surface area contributed by atoms with Crippen LogP contribution < -0.4 is 14.9 Å². The molecule has 2 fully saturated rings. The minimum atomic E-state index is -3.28. The normalized spacial score (nSPS) is 16.7. The molecule has 224 valence electrons. The second kappa shape index (κ2) is 12.9. The lowest BCUT2D eigenvalue weighted by molar-refractivity contribution is 0.0938. The highest BCUT2D eigenvalue weighted by Gasteiger charge is 2.40. The number of pyridine rings is 1. The molecule has 11 nitrogen and oxygen atoms in total. The quantitative estimate of drug-likeness (QED) is 0.161. The Labute approximate surface area is 251 Å². The number of amides is 1. The number of hydrogen-bond donors (Lipinski definition) is 2. The summed E-state index contributed by atoms with van der Waals surface area (Å²) in [4.78, 5) is 27.4. The van der Waals surface area contributed by atoms with E-state index >= 15 is 0 Å². The predicted octanol–water partition coefficient (Wildman–Crippen LogP) is 3.31. The zero-order valence-electron chi connectivity index (χ0n) is 24.2. The zero-order chi connectivity index (χ0) is 29.9. The number of thioether (sulfide) groups is 1. The number of carbonyl (C=O) groups is 1. The van der Waals surface area contributed by atoms with Gasteiger partial charge in [0.2, 0.25) is 10.0 Å². The standard InChI is InChI=1S/C29H38N8O3S2/c1-5-8-13-41-27-11-12-37-28(33-27)24(17-31-37)25-14-21(29(38)30-16-20(4)35(6-2)7-3)15-26(32-25)36-18-22(19-36)34-42(39,40)23-9-10-23/h5,8,11-15,17,20,22-23,34H,1,6-7,9-10,16,18-19H2,2-4H3,(H,30,38)/b13-8-/t20-/m0/s1. The summed E-state index contributed by atoms with van der Waals surface area (Å²) in [7, 11) is -3.28. The molecule has 2 N–H and O–H groups in total. The lowest BCUT2D eigenvalue weighted by Crippen LogP contribution is -2.60. The average molecular weight is 611 g/mol. The van der Waals surface area contributed by atoms with Gasteiger partial charge in [-0.2, -0.15) is 5.10 Å². The maximum atomic E-state index is 13.4. The van der Waals surface area contributed by atoms with Crippen LogP contribution in [0.25, 0.3) is 16.9 Å². The van der Waals surface area contributed by atoms with E-state index in [4.69, 9.17) is 9.97 Å². The summed E-state index contributed by atoms with van der Waals surface area (Å²) < 4.78 is 29.3. The molecule has 1 atom stereocenters. The van der Waals surface area contributed by atoms with Crippen LogP contribution in [0.3, 0.4) is 0 Å². The Balaban J connectivity index is 1.42. The fourth-order valence-electron chi connectivity index (χ4n) is 4.98. The van der Waals surface area contributed by atoms with Crippen molar-refractivity contribution in [3.63, 3.8) is 0 Å². The van der Waals surface area contributed by atoms with Crippen LogP contribution in [0.1, 0.15) is 44.0 Å². The number of fused-ring (bicyclic) bond motifs is 1.